The molecule has 0 bridgehead atoms. The quantitative estimate of drug-likeness (QED) is 0.0206. The van der Waals surface area contributed by atoms with E-state index in [2.05, 4.69) is 59.4 Å². The van der Waals surface area contributed by atoms with Gasteiger partial charge >= 0.3 is 5.97 Å². The maximum absolute atomic E-state index is 14.2. The molecule has 1 aromatic carbocycles. The topological polar surface area (TPSA) is 452 Å². The summed E-state index contributed by atoms with van der Waals surface area (Å²) in [6, 6.07) is -4.44. The highest BCUT2D eigenvalue weighted by molar-refractivity contribution is 6.03. The van der Waals surface area contributed by atoms with Crippen molar-refractivity contribution in [2.75, 3.05) is 20.7 Å². The molecule has 0 aliphatic heterocycles. The Morgan fingerprint density at radius 1 is 0.655 bits per heavy atom. The molecule has 1 aromatic heterocycles. The van der Waals surface area contributed by atoms with Gasteiger partial charge in [-0.25, -0.2) is 9.78 Å². The number of carbonyl (C=O) groups is 11. The number of hydrogen-bond acceptors (Lipinski definition) is 18. The van der Waals surface area contributed by atoms with Crippen molar-refractivity contribution in [1.29, 1.82) is 0 Å². The van der Waals surface area contributed by atoms with Crippen LogP contribution >= 0.6 is 0 Å². The van der Waals surface area contributed by atoms with Gasteiger partial charge in [0, 0.05) is 38.2 Å². The van der Waals surface area contributed by atoms with Crippen LogP contribution < -0.4 is 48.3 Å². The van der Waals surface area contributed by atoms with E-state index in [0.717, 1.165) is 64.7 Å². The fourth-order valence-corrected chi connectivity index (χ4v) is 8.84. The maximum atomic E-state index is 14.2. The number of phenols is 1. The number of methoxy groups -OCH3 is 1. The van der Waals surface area contributed by atoms with Crippen LogP contribution in [0.4, 0.5) is 0 Å². The Labute approximate surface area is 506 Å². The number of phenolic OH excluding ortho intramolecular Hbond substituents is 1. The third-order valence-corrected chi connectivity index (χ3v) is 13.8. The number of nitrogens with two attached hydrogens (primary N) is 1. The van der Waals surface area contributed by atoms with Crippen LogP contribution in [0.2, 0.25) is 0 Å². The molecular formula is C58H90N12O17. The van der Waals surface area contributed by atoms with E-state index in [0.29, 0.717) is 24.1 Å². The van der Waals surface area contributed by atoms with Crippen LogP contribution in [-0.2, 0) is 70.3 Å². The van der Waals surface area contributed by atoms with Crippen LogP contribution in [0.5, 0.6) is 5.75 Å². The average Bonchev–Trinajstić information content (AvgIpc) is 3.66. The SMILES string of the molecule is C/C=C(/NC(=O)C[C@H](O)CCCCCCCCCCC)C(=O)N[C@H](C(=O)N[C@@H](C(=O)N[C@H](Cc1ccc(O)cc1)C(=O)N/C(=C/C)C(=O)N[C@H](CCC(N)=O)C(=O)NCC(=O)N(C)[C@H](C(=O)N[C@@H](Cc1cnc[nH]1)C(=O)OC)C(C)O)[C@@H](C)O)[C@@H](C)O. The number of benzene rings is 1. The predicted molar refractivity (Wildman–Crippen MR) is 315 cm³/mol. The van der Waals surface area contributed by atoms with Crippen LogP contribution in [0.1, 0.15) is 136 Å². The van der Waals surface area contributed by atoms with E-state index in [4.69, 9.17) is 10.5 Å². The number of primary amides is 1. The lowest BCUT2D eigenvalue weighted by atomic mass is 10.0. The number of unbranched alkanes of at least 4 members (excludes halogenated alkanes) is 8. The lowest BCUT2D eigenvalue weighted by molar-refractivity contribution is -0.148. The number of carbonyl (C=O) groups excluding carboxylic acids is 11. The summed E-state index contributed by atoms with van der Waals surface area (Å²) in [7, 11) is 2.24. The first-order valence-corrected chi connectivity index (χ1v) is 29.0. The minimum atomic E-state index is -1.88. The van der Waals surface area contributed by atoms with Gasteiger partial charge in [-0.2, -0.15) is 0 Å². The molecule has 87 heavy (non-hydrogen) atoms. The third-order valence-electron chi connectivity index (χ3n) is 13.8. The number of aromatic nitrogens is 2. The Kier molecular flexibility index (Phi) is 33.9. The number of amides is 10. The number of aromatic hydroxyl groups is 1. The Morgan fingerprint density at radius 2 is 1.21 bits per heavy atom. The van der Waals surface area contributed by atoms with Gasteiger partial charge in [0.25, 0.3) is 11.8 Å². The molecule has 484 valence electrons. The normalized spacial score (nSPS) is 15.0. The number of likely N-dealkylation sites (N-methyl/N-ethyl adjacent to an activating group) is 1. The van der Waals surface area contributed by atoms with E-state index >= 15 is 0 Å². The van der Waals surface area contributed by atoms with Crippen molar-refractivity contribution in [3.05, 3.63) is 71.6 Å². The number of nitrogens with one attached hydrogen (secondary N) is 9. The molecule has 2 rings (SSSR count). The van der Waals surface area contributed by atoms with Crippen molar-refractivity contribution >= 4 is 65.0 Å². The molecule has 16 N–H and O–H groups in total. The Hall–Kier alpha value is -8.28. The zero-order chi connectivity index (χ0) is 65.3. The lowest BCUT2D eigenvalue weighted by Crippen LogP contribution is -2.62. The number of hydrogen-bond donors (Lipinski definition) is 15. The molecule has 0 fully saturated rings. The van der Waals surface area contributed by atoms with Crippen molar-refractivity contribution in [2.24, 2.45) is 5.73 Å². The molecular weight excluding hydrogens is 1140 g/mol. The number of H-pyrrole nitrogens is 1. The highest BCUT2D eigenvalue weighted by atomic mass is 16.5. The number of aliphatic hydroxyl groups is 4. The predicted octanol–water partition coefficient (Wildman–Crippen LogP) is -1.44. The molecule has 0 saturated heterocycles. The fourth-order valence-electron chi connectivity index (χ4n) is 8.84. The number of esters is 1. The molecule has 0 spiro atoms. The first kappa shape index (κ1) is 74.8. The summed E-state index contributed by atoms with van der Waals surface area (Å²) >= 11 is 0. The third kappa shape index (κ3) is 27.3. The number of imidazole rings is 1. The highest BCUT2D eigenvalue weighted by Crippen LogP contribution is 2.15. The highest BCUT2D eigenvalue weighted by Gasteiger charge is 2.37. The first-order valence-electron chi connectivity index (χ1n) is 29.0. The molecule has 1 unspecified atom stereocenters. The summed E-state index contributed by atoms with van der Waals surface area (Å²) in [6.07, 6.45) is 7.63. The number of allylic oxidation sites excluding steroid dienone is 2. The zero-order valence-corrected chi connectivity index (χ0v) is 50.8. The minimum absolute atomic E-state index is 0.0896. The summed E-state index contributed by atoms with van der Waals surface area (Å²) in [5.41, 5.74) is 5.32. The maximum Gasteiger partial charge on any atom is 0.328 e. The Bertz CT molecular complexity index is 2650. The van der Waals surface area contributed by atoms with Crippen molar-refractivity contribution in [1.82, 2.24) is 57.4 Å². The van der Waals surface area contributed by atoms with Gasteiger partial charge in [0.05, 0.1) is 50.8 Å². The van der Waals surface area contributed by atoms with Gasteiger partial charge < -0.3 is 88.4 Å². The van der Waals surface area contributed by atoms with Gasteiger partial charge in [0.2, 0.25) is 47.3 Å². The number of aromatic amines is 1. The average molecular weight is 1230 g/mol. The summed E-state index contributed by atoms with van der Waals surface area (Å²) in [4.78, 5) is 155. The number of rotatable bonds is 40. The molecule has 29 nitrogen and oxygen atoms in total. The fraction of sp³-hybridized carbons (Fsp3) is 0.586. The van der Waals surface area contributed by atoms with Crippen LogP contribution in [-0.4, -0.2) is 187 Å². The van der Waals surface area contributed by atoms with E-state index in [1.807, 2.05) is 0 Å². The summed E-state index contributed by atoms with van der Waals surface area (Å²) in [5.74, 6) is -11.1. The van der Waals surface area contributed by atoms with Crippen molar-refractivity contribution in [3.63, 3.8) is 0 Å². The monoisotopic (exact) mass is 1230 g/mol. The van der Waals surface area contributed by atoms with Gasteiger partial charge in [0.15, 0.2) is 0 Å². The second kappa shape index (κ2) is 39.4. The molecule has 29 heteroatoms. The van der Waals surface area contributed by atoms with E-state index in [1.54, 1.807) is 0 Å². The molecule has 0 aliphatic carbocycles. The van der Waals surface area contributed by atoms with E-state index in [1.165, 1.54) is 89.3 Å². The van der Waals surface area contributed by atoms with Crippen LogP contribution in [0.3, 0.4) is 0 Å². The number of ether oxygens (including phenoxy) is 1. The van der Waals surface area contributed by atoms with Crippen LogP contribution in [0, 0.1) is 0 Å². The van der Waals surface area contributed by atoms with Crippen LogP contribution in [0.15, 0.2) is 60.3 Å². The first-order chi connectivity index (χ1) is 41.2. The molecule has 10 atom stereocenters. The zero-order valence-electron chi connectivity index (χ0n) is 50.8. The van der Waals surface area contributed by atoms with Crippen molar-refractivity contribution in [3.8, 4) is 5.75 Å². The van der Waals surface area contributed by atoms with Crippen molar-refractivity contribution < 1.29 is 83.0 Å². The second-order valence-electron chi connectivity index (χ2n) is 21.1. The lowest BCUT2D eigenvalue weighted by Gasteiger charge is -2.31. The molecule has 0 aliphatic rings. The Morgan fingerprint density at radius 3 is 1.75 bits per heavy atom. The van der Waals surface area contributed by atoms with Gasteiger partial charge in [-0.15, -0.1) is 0 Å². The van der Waals surface area contributed by atoms with Crippen molar-refractivity contribution in [2.45, 2.75) is 199 Å². The Balaban J connectivity index is 2.24. The summed E-state index contributed by atoms with van der Waals surface area (Å²) < 4.78 is 4.80. The molecule has 1 heterocycles. The number of nitrogens with zero attached hydrogens (tertiary/aromatic N) is 2. The van der Waals surface area contributed by atoms with E-state index < -0.39 is 151 Å². The molecule has 2 aromatic rings. The minimum Gasteiger partial charge on any atom is -0.508 e. The molecule has 0 saturated carbocycles. The second-order valence-corrected chi connectivity index (χ2v) is 21.1. The number of aliphatic hydroxyl groups excluding tert-OH is 4. The summed E-state index contributed by atoms with van der Waals surface area (Å²) in [6.45, 7) is 7.55. The molecule has 0 radical (unpaired) electrons. The largest absolute Gasteiger partial charge is 0.508 e. The van der Waals surface area contributed by atoms with E-state index in [9.17, 15) is 78.3 Å². The molecule has 10 amide bonds. The standard InChI is InChI=1S/C58H90N12O17/c1-9-12-13-14-15-16-17-18-19-20-39(75)29-46(77)63-40(10-2)53(81)68-49(34(5)72)56(84)69-48(33(4)71)55(83)66-43(27-36-21-23-38(74)24-22-36)54(82)64-41(11-3)52(80)65-42(25-26-45(59)76)51(79)61-31-47(78)70(7)50(35(6)73)57(85)67-44(58(86)87-8)28-37-30-60-32-62-37/h10-11,21-24,30,32-35,39,42-44,48-50,71-75H,9,12-20,25-29,31H2,1-8H3,(H2,59,76)(H,60,62)(H,61,79)(H,63,77)(H,64,82)(H,65,80)(H,66,83)(H,67,85)(H,68,81)(H,69,84)/b40-10+,41-11+/t33-,34-,35?,39-,42-,43-,44+,48-,49+,50+/m1/s1. The van der Waals surface area contributed by atoms with Crippen LogP contribution in [0.25, 0.3) is 0 Å². The van der Waals surface area contributed by atoms with Gasteiger partial charge in [-0.1, -0.05) is 89.0 Å². The van der Waals surface area contributed by atoms with Gasteiger partial charge in [-0.3, -0.25) is 47.9 Å². The van der Waals surface area contributed by atoms with Gasteiger partial charge in [0.1, 0.15) is 53.4 Å². The summed E-state index contributed by atoms with van der Waals surface area (Å²) in [5, 5.41) is 71.4. The van der Waals surface area contributed by atoms with Gasteiger partial charge in [-0.05, 0) is 65.2 Å². The smallest absolute Gasteiger partial charge is 0.328 e. The van der Waals surface area contributed by atoms with E-state index in [-0.39, 0.29) is 30.7 Å².